The number of carbonyl (C=O) groups is 1. The highest BCUT2D eigenvalue weighted by molar-refractivity contribution is 5.84. The van der Waals surface area contributed by atoms with Gasteiger partial charge in [0.05, 0.1) is 18.8 Å². The SMILES string of the molecule is O=C1[C@@H](O)[C@@H](O)[C@H]2[C@H](OCc3ccccc3)CCCN12. The van der Waals surface area contributed by atoms with Crippen LogP contribution in [-0.4, -0.2) is 51.9 Å². The van der Waals surface area contributed by atoms with Gasteiger partial charge in [0.2, 0.25) is 0 Å². The van der Waals surface area contributed by atoms with Crippen molar-refractivity contribution in [1.29, 1.82) is 0 Å². The Labute approximate surface area is 117 Å². The second kappa shape index (κ2) is 5.52. The summed E-state index contributed by atoms with van der Waals surface area (Å²) in [5, 5.41) is 19.7. The van der Waals surface area contributed by atoms with Crippen molar-refractivity contribution in [1.82, 2.24) is 4.90 Å². The average Bonchev–Trinajstić information content (AvgIpc) is 2.72. The molecule has 0 saturated carbocycles. The first-order valence-electron chi connectivity index (χ1n) is 7.00. The van der Waals surface area contributed by atoms with Gasteiger partial charge in [-0.15, -0.1) is 0 Å². The van der Waals surface area contributed by atoms with Gasteiger partial charge in [0, 0.05) is 6.54 Å². The molecule has 0 aliphatic carbocycles. The zero-order valence-corrected chi connectivity index (χ0v) is 11.2. The predicted molar refractivity (Wildman–Crippen MR) is 71.8 cm³/mol. The van der Waals surface area contributed by atoms with E-state index in [1.54, 1.807) is 4.90 Å². The van der Waals surface area contributed by atoms with Crippen molar-refractivity contribution < 1.29 is 19.7 Å². The molecule has 108 valence electrons. The van der Waals surface area contributed by atoms with Crippen LogP contribution in [0.2, 0.25) is 0 Å². The second-order valence-electron chi connectivity index (χ2n) is 5.43. The summed E-state index contributed by atoms with van der Waals surface area (Å²) in [4.78, 5) is 13.4. The van der Waals surface area contributed by atoms with Gasteiger partial charge in [-0.3, -0.25) is 4.79 Å². The average molecular weight is 277 g/mol. The summed E-state index contributed by atoms with van der Waals surface area (Å²) in [6.45, 7) is 1.04. The van der Waals surface area contributed by atoms with Crippen molar-refractivity contribution in [2.75, 3.05) is 6.54 Å². The van der Waals surface area contributed by atoms with Crippen LogP contribution in [-0.2, 0) is 16.1 Å². The zero-order valence-electron chi connectivity index (χ0n) is 11.2. The maximum atomic E-state index is 11.8. The maximum Gasteiger partial charge on any atom is 0.254 e. The second-order valence-corrected chi connectivity index (χ2v) is 5.43. The molecule has 5 heteroatoms. The van der Waals surface area contributed by atoms with Crippen molar-refractivity contribution >= 4 is 5.91 Å². The highest BCUT2D eigenvalue weighted by Crippen LogP contribution is 2.31. The minimum Gasteiger partial charge on any atom is -0.388 e. The molecule has 2 fully saturated rings. The Morgan fingerprint density at radius 3 is 2.75 bits per heavy atom. The van der Waals surface area contributed by atoms with Crippen LogP contribution in [0.3, 0.4) is 0 Å². The van der Waals surface area contributed by atoms with Crippen molar-refractivity contribution in [3.8, 4) is 0 Å². The third kappa shape index (κ3) is 2.32. The molecule has 0 aromatic heterocycles. The number of benzene rings is 1. The Hall–Kier alpha value is -1.43. The van der Waals surface area contributed by atoms with Gasteiger partial charge in [-0.05, 0) is 18.4 Å². The van der Waals surface area contributed by atoms with E-state index in [0.29, 0.717) is 13.2 Å². The molecule has 4 atom stereocenters. The van der Waals surface area contributed by atoms with E-state index in [2.05, 4.69) is 0 Å². The third-order valence-corrected chi connectivity index (χ3v) is 4.14. The summed E-state index contributed by atoms with van der Waals surface area (Å²) in [7, 11) is 0. The molecule has 2 saturated heterocycles. The highest BCUT2D eigenvalue weighted by atomic mass is 16.5. The third-order valence-electron chi connectivity index (χ3n) is 4.14. The van der Waals surface area contributed by atoms with Crippen LogP contribution >= 0.6 is 0 Å². The van der Waals surface area contributed by atoms with E-state index in [-0.39, 0.29) is 12.0 Å². The van der Waals surface area contributed by atoms with Crippen molar-refractivity contribution in [2.24, 2.45) is 0 Å². The van der Waals surface area contributed by atoms with E-state index in [0.717, 1.165) is 18.4 Å². The molecule has 2 aliphatic heterocycles. The molecule has 1 aromatic rings. The molecule has 5 nitrogen and oxygen atoms in total. The van der Waals surface area contributed by atoms with Gasteiger partial charge < -0.3 is 19.8 Å². The van der Waals surface area contributed by atoms with Crippen LogP contribution in [0.15, 0.2) is 30.3 Å². The Bertz CT molecular complexity index is 478. The molecule has 0 unspecified atom stereocenters. The highest BCUT2D eigenvalue weighted by Gasteiger charge is 2.51. The first-order valence-corrected chi connectivity index (χ1v) is 7.00. The number of carbonyl (C=O) groups excluding carboxylic acids is 1. The number of nitrogens with zero attached hydrogens (tertiary/aromatic N) is 1. The molecule has 1 amide bonds. The number of aliphatic hydroxyl groups is 2. The minimum absolute atomic E-state index is 0.222. The van der Waals surface area contributed by atoms with Gasteiger partial charge in [0.1, 0.15) is 6.10 Å². The molecule has 20 heavy (non-hydrogen) atoms. The van der Waals surface area contributed by atoms with E-state index < -0.39 is 18.2 Å². The van der Waals surface area contributed by atoms with Crippen molar-refractivity contribution in [2.45, 2.75) is 43.8 Å². The monoisotopic (exact) mass is 277 g/mol. The summed E-state index contributed by atoms with van der Waals surface area (Å²) in [5.41, 5.74) is 1.06. The van der Waals surface area contributed by atoms with E-state index in [4.69, 9.17) is 4.74 Å². The van der Waals surface area contributed by atoms with Crippen LogP contribution in [0.4, 0.5) is 0 Å². The number of piperidine rings is 1. The lowest BCUT2D eigenvalue weighted by atomic mass is 9.96. The molecule has 0 spiro atoms. The summed E-state index contributed by atoms with van der Waals surface area (Å²) in [5.74, 6) is -0.379. The lowest BCUT2D eigenvalue weighted by molar-refractivity contribution is -0.139. The minimum atomic E-state index is -1.30. The lowest BCUT2D eigenvalue weighted by Gasteiger charge is -2.37. The van der Waals surface area contributed by atoms with Gasteiger partial charge in [-0.1, -0.05) is 30.3 Å². The van der Waals surface area contributed by atoms with Crippen LogP contribution in [0, 0.1) is 0 Å². The Kier molecular flexibility index (Phi) is 3.74. The summed E-state index contributed by atoms with van der Waals surface area (Å²) >= 11 is 0. The van der Waals surface area contributed by atoms with Gasteiger partial charge in [0.25, 0.3) is 5.91 Å². The summed E-state index contributed by atoms with van der Waals surface area (Å²) in [6, 6.07) is 9.38. The molecule has 2 N–H and O–H groups in total. The molecule has 0 radical (unpaired) electrons. The summed E-state index contributed by atoms with van der Waals surface area (Å²) < 4.78 is 5.88. The normalized spacial score (nSPS) is 33.3. The fourth-order valence-electron chi connectivity index (χ4n) is 3.11. The van der Waals surface area contributed by atoms with Crippen LogP contribution in [0.25, 0.3) is 0 Å². The number of amides is 1. The van der Waals surface area contributed by atoms with E-state index >= 15 is 0 Å². The number of ether oxygens (including phenoxy) is 1. The van der Waals surface area contributed by atoms with Crippen molar-refractivity contribution in [3.05, 3.63) is 35.9 Å². The van der Waals surface area contributed by atoms with Crippen LogP contribution < -0.4 is 0 Å². The Balaban J connectivity index is 1.69. The lowest BCUT2D eigenvalue weighted by Crippen LogP contribution is -2.50. The topological polar surface area (TPSA) is 70.0 Å². The number of rotatable bonds is 3. The van der Waals surface area contributed by atoms with E-state index in [1.807, 2.05) is 30.3 Å². The van der Waals surface area contributed by atoms with Crippen LogP contribution in [0.1, 0.15) is 18.4 Å². The molecular formula is C15H19NO4. The standard InChI is InChI=1S/C15H19NO4/c17-13-12-11(20-9-10-5-2-1-3-6-10)7-4-8-16(12)15(19)14(13)18/h1-3,5-6,11-14,17-18H,4,7-9H2/t11-,12-,13+,14+/m1/s1. The smallest absolute Gasteiger partial charge is 0.254 e. The van der Waals surface area contributed by atoms with Crippen LogP contribution in [0.5, 0.6) is 0 Å². The van der Waals surface area contributed by atoms with E-state index in [1.165, 1.54) is 0 Å². The zero-order chi connectivity index (χ0) is 14.1. The maximum absolute atomic E-state index is 11.8. The molecule has 2 aliphatic rings. The molecular weight excluding hydrogens is 258 g/mol. The number of hydrogen-bond donors (Lipinski definition) is 2. The molecule has 2 heterocycles. The number of hydrogen-bond acceptors (Lipinski definition) is 4. The number of aliphatic hydroxyl groups excluding tert-OH is 2. The quantitative estimate of drug-likeness (QED) is 0.833. The first-order chi connectivity index (χ1) is 9.68. The fraction of sp³-hybridized carbons (Fsp3) is 0.533. The predicted octanol–water partition coefficient (Wildman–Crippen LogP) is 0.298. The molecule has 1 aromatic carbocycles. The van der Waals surface area contributed by atoms with E-state index in [9.17, 15) is 15.0 Å². The van der Waals surface area contributed by atoms with Gasteiger partial charge in [-0.25, -0.2) is 0 Å². The first kappa shape index (κ1) is 13.5. The number of fused-ring (bicyclic) bond motifs is 1. The fourth-order valence-corrected chi connectivity index (χ4v) is 3.11. The Morgan fingerprint density at radius 1 is 1.25 bits per heavy atom. The molecule has 0 bridgehead atoms. The van der Waals surface area contributed by atoms with Crippen molar-refractivity contribution in [3.63, 3.8) is 0 Å². The largest absolute Gasteiger partial charge is 0.388 e. The van der Waals surface area contributed by atoms with Gasteiger partial charge in [-0.2, -0.15) is 0 Å². The molecule has 3 rings (SSSR count). The Morgan fingerprint density at radius 2 is 2.00 bits per heavy atom. The van der Waals surface area contributed by atoms with Gasteiger partial charge >= 0.3 is 0 Å². The summed E-state index contributed by atoms with van der Waals surface area (Å²) in [6.07, 6.45) is -0.948. The van der Waals surface area contributed by atoms with Gasteiger partial charge in [0.15, 0.2) is 6.10 Å².